The van der Waals surface area contributed by atoms with Crippen LogP contribution in [0.25, 0.3) is 0 Å². The van der Waals surface area contributed by atoms with E-state index in [0.29, 0.717) is 25.0 Å². The maximum Gasteiger partial charge on any atom is 0.401 e. The summed E-state index contributed by atoms with van der Waals surface area (Å²) in [4.78, 5) is 8.26. The van der Waals surface area contributed by atoms with Crippen molar-refractivity contribution in [2.75, 3.05) is 46.3 Å². The van der Waals surface area contributed by atoms with Crippen LogP contribution in [0.3, 0.4) is 0 Å². The standard InChI is InChI=1S/C17H29F3N4.HI/c1-21-15(24-9-7-16(12-24)5-2-3-6-16)22-10-14-4-8-23(11-14)13-17(18,19)20;/h14H,2-13H2,1H3,(H,21,22);1H. The molecule has 3 fully saturated rings. The third kappa shape index (κ3) is 5.61. The van der Waals surface area contributed by atoms with Crippen LogP contribution < -0.4 is 5.32 Å². The van der Waals surface area contributed by atoms with Crippen molar-refractivity contribution in [2.24, 2.45) is 16.3 Å². The second-order valence-corrected chi connectivity index (χ2v) is 7.81. The number of nitrogens with one attached hydrogen (secondary N) is 1. The van der Waals surface area contributed by atoms with Crippen LogP contribution in [0.15, 0.2) is 4.99 Å². The highest BCUT2D eigenvalue weighted by molar-refractivity contribution is 14.0. The van der Waals surface area contributed by atoms with Gasteiger partial charge >= 0.3 is 6.18 Å². The molecular weight excluding hydrogens is 444 g/mol. The average molecular weight is 474 g/mol. The van der Waals surface area contributed by atoms with Crippen LogP contribution in [0.5, 0.6) is 0 Å². The Bertz CT molecular complexity index is 463. The first-order valence-electron chi connectivity index (χ1n) is 9.14. The minimum atomic E-state index is -4.09. The molecule has 0 aromatic carbocycles. The van der Waals surface area contributed by atoms with E-state index in [0.717, 1.165) is 25.5 Å². The van der Waals surface area contributed by atoms with Gasteiger partial charge in [0.1, 0.15) is 0 Å². The Balaban J connectivity index is 0.00000225. The Morgan fingerprint density at radius 1 is 1.20 bits per heavy atom. The molecule has 1 unspecified atom stereocenters. The highest BCUT2D eigenvalue weighted by Gasteiger charge is 2.41. The van der Waals surface area contributed by atoms with Gasteiger partial charge in [-0.2, -0.15) is 13.2 Å². The highest BCUT2D eigenvalue weighted by Crippen LogP contribution is 2.45. The largest absolute Gasteiger partial charge is 0.401 e. The molecule has 1 spiro atoms. The van der Waals surface area contributed by atoms with Crippen LogP contribution in [0.2, 0.25) is 0 Å². The number of nitrogens with zero attached hydrogens (tertiary/aromatic N) is 3. The first-order valence-corrected chi connectivity index (χ1v) is 9.14. The minimum absolute atomic E-state index is 0. The van der Waals surface area contributed by atoms with Gasteiger partial charge in [-0.25, -0.2) is 0 Å². The number of hydrogen-bond acceptors (Lipinski definition) is 2. The molecule has 146 valence electrons. The molecule has 1 N–H and O–H groups in total. The Hall–Kier alpha value is -0.250. The van der Waals surface area contributed by atoms with Gasteiger partial charge in [0.2, 0.25) is 0 Å². The molecule has 3 aliphatic rings. The molecule has 0 bridgehead atoms. The fraction of sp³-hybridized carbons (Fsp3) is 0.941. The topological polar surface area (TPSA) is 30.9 Å². The predicted octanol–water partition coefficient (Wildman–Crippen LogP) is 3.33. The Morgan fingerprint density at radius 2 is 1.92 bits per heavy atom. The van der Waals surface area contributed by atoms with E-state index in [-0.39, 0.29) is 29.9 Å². The zero-order chi connectivity index (χ0) is 17.2. The van der Waals surface area contributed by atoms with Crippen LogP contribution >= 0.6 is 24.0 Å². The molecule has 0 radical (unpaired) electrons. The van der Waals surface area contributed by atoms with Crippen LogP contribution in [0.1, 0.15) is 38.5 Å². The van der Waals surface area contributed by atoms with E-state index >= 15 is 0 Å². The van der Waals surface area contributed by atoms with E-state index < -0.39 is 12.7 Å². The lowest BCUT2D eigenvalue weighted by Crippen LogP contribution is -2.43. The van der Waals surface area contributed by atoms with E-state index in [2.05, 4.69) is 15.2 Å². The van der Waals surface area contributed by atoms with Gasteiger partial charge in [0.25, 0.3) is 0 Å². The molecule has 0 aromatic heterocycles. The van der Waals surface area contributed by atoms with Crippen LogP contribution in [-0.2, 0) is 0 Å². The van der Waals surface area contributed by atoms with Gasteiger partial charge in [-0.05, 0) is 43.6 Å². The lowest BCUT2D eigenvalue weighted by atomic mass is 9.86. The van der Waals surface area contributed by atoms with E-state index in [1.54, 1.807) is 7.05 Å². The normalized spacial score (nSPS) is 27.1. The van der Waals surface area contributed by atoms with Crippen molar-refractivity contribution in [1.29, 1.82) is 0 Å². The van der Waals surface area contributed by atoms with E-state index in [9.17, 15) is 13.2 Å². The Morgan fingerprint density at radius 3 is 2.56 bits per heavy atom. The third-order valence-corrected chi connectivity index (χ3v) is 5.94. The summed E-state index contributed by atoms with van der Waals surface area (Å²) in [5, 5.41) is 3.41. The maximum absolute atomic E-state index is 12.5. The fourth-order valence-electron chi connectivity index (χ4n) is 4.69. The van der Waals surface area contributed by atoms with Gasteiger partial charge in [-0.15, -0.1) is 24.0 Å². The number of alkyl halides is 3. The molecule has 1 saturated carbocycles. The molecule has 3 rings (SSSR count). The van der Waals surface area contributed by atoms with Crippen LogP contribution in [0.4, 0.5) is 13.2 Å². The summed E-state index contributed by atoms with van der Waals surface area (Å²) in [6.45, 7) is 3.12. The molecule has 0 aromatic rings. The summed E-state index contributed by atoms with van der Waals surface area (Å²) in [6, 6.07) is 0. The first-order chi connectivity index (χ1) is 11.4. The van der Waals surface area contributed by atoms with Gasteiger partial charge in [0, 0.05) is 33.2 Å². The van der Waals surface area contributed by atoms with E-state index in [4.69, 9.17) is 0 Å². The lowest BCUT2D eigenvalue weighted by molar-refractivity contribution is -0.143. The van der Waals surface area contributed by atoms with Gasteiger partial charge in [-0.1, -0.05) is 12.8 Å². The van der Waals surface area contributed by atoms with Crippen molar-refractivity contribution in [1.82, 2.24) is 15.1 Å². The second-order valence-electron chi connectivity index (χ2n) is 7.81. The first kappa shape index (κ1) is 21.1. The Labute approximate surface area is 165 Å². The molecule has 4 nitrogen and oxygen atoms in total. The molecular formula is C17H30F3IN4. The molecule has 2 saturated heterocycles. The molecule has 2 aliphatic heterocycles. The van der Waals surface area contributed by atoms with Gasteiger partial charge in [0.15, 0.2) is 5.96 Å². The highest BCUT2D eigenvalue weighted by atomic mass is 127. The smallest absolute Gasteiger partial charge is 0.356 e. The molecule has 1 atom stereocenters. The SMILES string of the molecule is CN=C(NCC1CCN(CC(F)(F)F)C1)N1CCC2(CCCC2)C1.I. The summed E-state index contributed by atoms with van der Waals surface area (Å²) in [5.41, 5.74) is 0.495. The van der Waals surface area contributed by atoms with Crippen LogP contribution in [-0.4, -0.2) is 68.3 Å². The van der Waals surface area contributed by atoms with Gasteiger partial charge in [-0.3, -0.25) is 9.89 Å². The third-order valence-electron chi connectivity index (χ3n) is 5.94. The minimum Gasteiger partial charge on any atom is -0.356 e. The van der Waals surface area contributed by atoms with Crippen molar-refractivity contribution >= 4 is 29.9 Å². The molecule has 0 amide bonds. The maximum atomic E-state index is 12.5. The quantitative estimate of drug-likeness (QED) is 0.387. The number of aliphatic imine (C=N–C) groups is 1. The number of hydrogen-bond donors (Lipinski definition) is 1. The van der Waals surface area contributed by atoms with Gasteiger partial charge in [0.05, 0.1) is 6.54 Å². The molecule has 8 heteroatoms. The molecule has 25 heavy (non-hydrogen) atoms. The zero-order valence-electron chi connectivity index (χ0n) is 14.9. The number of likely N-dealkylation sites (tertiary alicyclic amines) is 2. The van der Waals surface area contributed by atoms with Crippen molar-refractivity contribution in [3.63, 3.8) is 0 Å². The zero-order valence-corrected chi connectivity index (χ0v) is 17.3. The molecule has 2 heterocycles. The second kappa shape index (κ2) is 8.63. The fourth-order valence-corrected chi connectivity index (χ4v) is 4.69. The Kier molecular flexibility index (Phi) is 7.26. The number of halogens is 4. The number of guanidine groups is 1. The van der Waals surface area contributed by atoms with E-state index in [1.165, 1.54) is 37.0 Å². The summed E-state index contributed by atoms with van der Waals surface area (Å²) >= 11 is 0. The van der Waals surface area contributed by atoms with E-state index in [1.807, 2.05) is 0 Å². The van der Waals surface area contributed by atoms with Crippen molar-refractivity contribution in [2.45, 2.75) is 44.7 Å². The van der Waals surface area contributed by atoms with Gasteiger partial charge < -0.3 is 10.2 Å². The summed E-state index contributed by atoms with van der Waals surface area (Å²) < 4.78 is 37.4. The van der Waals surface area contributed by atoms with Crippen molar-refractivity contribution in [3.05, 3.63) is 0 Å². The summed E-state index contributed by atoms with van der Waals surface area (Å²) in [6.07, 6.45) is 3.32. The monoisotopic (exact) mass is 474 g/mol. The lowest BCUT2D eigenvalue weighted by Gasteiger charge is -2.26. The summed E-state index contributed by atoms with van der Waals surface area (Å²) in [7, 11) is 1.80. The molecule has 1 aliphatic carbocycles. The van der Waals surface area contributed by atoms with Crippen molar-refractivity contribution in [3.8, 4) is 0 Å². The summed E-state index contributed by atoms with van der Waals surface area (Å²) in [5.74, 6) is 1.19. The average Bonchev–Trinajstić information content (AvgIpc) is 3.22. The predicted molar refractivity (Wildman–Crippen MR) is 104 cm³/mol. The van der Waals surface area contributed by atoms with Crippen molar-refractivity contribution < 1.29 is 13.2 Å². The van der Waals surface area contributed by atoms with Crippen LogP contribution in [0, 0.1) is 11.3 Å². The number of rotatable bonds is 3.